The van der Waals surface area contributed by atoms with Crippen molar-refractivity contribution in [2.24, 2.45) is 5.41 Å². The van der Waals surface area contributed by atoms with Crippen LogP contribution in [0.2, 0.25) is 0 Å². The fraction of sp³-hybridized carbons (Fsp3) is 1.00. The summed E-state index contributed by atoms with van der Waals surface area (Å²) < 4.78 is 5.70. The van der Waals surface area contributed by atoms with Crippen LogP contribution in [0.5, 0.6) is 0 Å². The third-order valence-electron chi connectivity index (χ3n) is 4.47. The number of hydrogen-bond donors (Lipinski definition) is 1. The molecule has 0 saturated carbocycles. The summed E-state index contributed by atoms with van der Waals surface area (Å²) in [6.07, 6.45) is 0. The second-order valence-electron chi connectivity index (χ2n) is 7.69. The van der Waals surface area contributed by atoms with Crippen molar-refractivity contribution in [1.82, 2.24) is 5.14 Å². The molecule has 19 heavy (non-hydrogen) atoms. The van der Waals surface area contributed by atoms with Gasteiger partial charge in [0.15, 0.2) is 0 Å². The van der Waals surface area contributed by atoms with Gasteiger partial charge in [0.2, 0.25) is 0 Å². The average Bonchev–Trinajstić information content (AvgIpc) is 2.33. The van der Waals surface area contributed by atoms with E-state index >= 15 is 0 Å². The average molecular weight is 273 g/mol. The largest absolute Gasteiger partial charge is 0.606 e. The van der Waals surface area contributed by atoms with Crippen molar-refractivity contribution < 1.29 is 19.4 Å². The Morgan fingerprint density at radius 2 is 1.32 bits per heavy atom. The minimum Gasteiger partial charge on any atom is -0.410 e. The Balaban J connectivity index is 2.75. The van der Waals surface area contributed by atoms with Gasteiger partial charge in [0, 0.05) is 0 Å². The first-order chi connectivity index (χ1) is 8.20. The van der Waals surface area contributed by atoms with E-state index in [4.69, 9.17) is 14.3 Å². The van der Waals surface area contributed by atoms with E-state index in [-0.39, 0.29) is 5.41 Å². The Bertz CT molecular complexity index is 320. The van der Waals surface area contributed by atoms with E-state index in [9.17, 15) is 5.02 Å². The monoisotopic (exact) mass is 273 g/mol. The lowest BCUT2D eigenvalue weighted by atomic mass is 9.78. The summed E-state index contributed by atoms with van der Waals surface area (Å²) in [6, 6.07) is 0. The van der Waals surface area contributed by atoms with E-state index in [1.165, 1.54) is 0 Å². The highest BCUT2D eigenvalue weighted by atomic mass is 17.0. The van der Waals surface area contributed by atoms with Crippen LogP contribution in [0.1, 0.15) is 62.3 Å². The molecule has 1 saturated heterocycles. The maximum atomic E-state index is 10.2. The van der Waals surface area contributed by atoms with Crippen LogP contribution < -0.4 is 0 Å². The van der Waals surface area contributed by atoms with E-state index in [1.54, 1.807) is 0 Å². The Morgan fingerprint density at radius 1 is 0.947 bits per heavy atom. The molecule has 0 amide bonds. The SMILES string of the molecule is CC(C)(C)C(C)(C)OB(O)N1OC(C)(C)C(C)(C)O1. The van der Waals surface area contributed by atoms with E-state index in [1.807, 2.05) is 41.5 Å². The van der Waals surface area contributed by atoms with Gasteiger partial charge in [-0.2, -0.15) is 0 Å². The lowest BCUT2D eigenvalue weighted by Gasteiger charge is -2.40. The third-order valence-corrected chi connectivity index (χ3v) is 4.47. The zero-order valence-electron chi connectivity index (χ0n) is 13.7. The molecule has 6 heteroatoms. The second-order valence-corrected chi connectivity index (χ2v) is 7.69. The zero-order chi connectivity index (χ0) is 15.3. The minimum atomic E-state index is -1.27. The molecule has 0 aromatic carbocycles. The normalized spacial score (nSPS) is 23.7. The van der Waals surface area contributed by atoms with Crippen LogP contribution in [-0.2, 0) is 14.3 Å². The van der Waals surface area contributed by atoms with Gasteiger partial charge in [-0.1, -0.05) is 20.8 Å². The molecular formula is C13H28BNO4. The van der Waals surface area contributed by atoms with Gasteiger partial charge < -0.3 is 9.68 Å². The fourth-order valence-electron chi connectivity index (χ4n) is 1.26. The molecule has 1 heterocycles. The summed E-state index contributed by atoms with van der Waals surface area (Å²) in [5, 5.41) is 11.2. The molecule has 0 atom stereocenters. The second kappa shape index (κ2) is 4.70. The first-order valence-corrected chi connectivity index (χ1v) is 6.73. The predicted octanol–water partition coefficient (Wildman–Crippen LogP) is 2.54. The van der Waals surface area contributed by atoms with Gasteiger partial charge in [-0.05, 0) is 52.1 Å². The van der Waals surface area contributed by atoms with E-state index in [0.717, 1.165) is 5.14 Å². The molecule has 1 aliphatic heterocycles. The molecule has 0 unspecified atom stereocenters. The maximum absolute atomic E-state index is 10.2. The predicted molar refractivity (Wildman–Crippen MR) is 74.8 cm³/mol. The van der Waals surface area contributed by atoms with Gasteiger partial charge in [0.1, 0.15) is 11.2 Å². The van der Waals surface area contributed by atoms with Crippen molar-refractivity contribution in [1.29, 1.82) is 0 Å². The Labute approximate surface area is 117 Å². The van der Waals surface area contributed by atoms with E-state index in [2.05, 4.69) is 20.8 Å². The van der Waals surface area contributed by atoms with Crippen molar-refractivity contribution in [2.75, 3.05) is 0 Å². The van der Waals surface area contributed by atoms with Crippen molar-refractivity contribution in [3.8, 4) is 0 Å². The standard InChI is InChI=1S/C13H28BNO4/c1-10(2,3)11(4,5)17-14(16)15-18-12(6,7)13(8,9)19-15/h16H,1-9H3. The van der Waals surface area contributed by atoms with Crippen LogP contribution in [-0.4, -0.2) is 34.2 Å². The van der Waals surface area contributed by atoms with E-state index < -0.39 is 24.1 Å². The molecule has 5 nitrogen and oxygen atoms in total. The molecule has 0 bridgehead atoms. The first-order valence-electron chi connectivity index (χ1n) is 6.73. The van der Waals surface area contributed by atoms with Crippen LogP contribution >= 0.6 is 0 Å². The Kier molecular flexibility index (Phi) is 4.19. The van der Waals surface area contributed by atoms with Crippen LogP contribution in [0.25, 0.3) is 0 Å². The van der Waals surface area contributed by atoms with Crippen molar-refractivity contribution in [2.45, 2.75) is 79.1 Å². The molecule has 0 radical (unpaired) electrons. The summed E-state index contributed by atoms with van der Waals surface area (Å²) >= 11 is 0. The number of rotatable bonds is 3. The quantitative estimate of drug-likeness (QED) is 0.801. The smallest absolute Gasteiger partial charge is 0.410 e. The van der Waals surface area contributed by atoms with Crippen molar-refractivity contribution in [3.05, 3.63) is 0 Å². The molecule has 0 spiro atoms. The van der Waals surface area contributed by atoms with Crippen LogP contribution in [0.3, 0.4) is 0 Å². The van der Waals surface area contributed by atoms with Gasteiger partial charge in [0.05, 0.1) is 5.60 Å². The van der Waals surface area contributed by atoms with Gasteiger partial charge >= 0.3 is 7.25 Å². The molecule has 1 rings (SSSR count). The Hall–Kier alpha value is -0.135. The molecule has 1 aliphatic rings. The molecule has 1 N–H and O–H groups in total. The van der Waals surface area contributed by atoms with Gasteiger partial charge in [-0.3, -0.25) is 9.68 Å². The van der Waals surface area contributed by atoms with E-state index in [0.29, 0.717) is 0 Å². The lowest BCUT2D eigenvalue weighted by molar-refractivity contribution is -0.287. The molecule has 0 aromatic heterocycles. The third kappa shape index (κ3) is 3.31. The summed E-state index contributed by atoms with van der Waals surface area (Å²) in [7, 11) is -1.27. The zero-order valence-corrected chi connectivity index (χ0v) is 13.7. The number of hydrogen-bond acceptors (Lipinski definition) is 5. The first kappa shape index (κ1) is 16.9. The van der Waals surface area contributed by atoms with Gasteiger partial charge in [-0.25, -0.2) is 0 Å². The highest BCUT2D eigenvalue weighted by Gasteiger charge is 2.54. The molecule has 1 fully saturated rings. The summed E-state index contributed by atoms with van der Waals surface area (Å²) in [5.74, 6) is 0. The molecule has 112 valence electrons. The fourth-order valence-corrected chi connectivity index (χ4v) is 1.26. The van der Waals surface area contributed by atoms with Crippen LogP contribution in [0.4, 0.5) is 0 Å². The Morgan fingerprint density at radius 3 is 1.63 bits per heavy atom. The summed E-state index contributed by atoms with van der Waals surface area (Å²) in [6.45, 7) is 17.7. The van der Waals surface area contributed by atoms with Crippen LogP contribution in [0.15, 0.2) is 0 Å². The van der Waals surface area contributed by atoms with Gasteiger partial charge in [-0.15, -0.1) is 0 Å². The molecular weight excluding hydrogens is 245 g/mol. The van der Waals surface area contributed by atoms with Crippen molar-refractivity contribution >= 4 is 7.25 Å². The highest BCUT2D eigenvalue weighted by Crippen LogP contribution is 2.39. The number of nitrogens with zero attached hydrogens (tertiary/aromatic N) is 1. The molecule has 0 aromatic rings. The lowest BCUT2D eigenvalue weighted by Crippen LogP contribution is -2.50. The summed E-state index contributed by atoms with van der Waals surface area (Å²) in [5.41, 5.74) is -1.73. The maximum Gasteiger partial charge on any atom is 0.606 e. The van der Waals surface area contributed by atoms with Gasteiger partial charge in [0.25, 0.3) is 0 Å². The van der Waals surface area contributed by atoms with Crippen LogP contribution in [0, 0.1) is 5.41 Å². The highest BCUT2D eigenvalue weighted by molar-refractivity contribution is 6.38. The molecule has 0 aliphatic carbocycles. The topological polar surface area (TPSA) is 51.2 Å². The minimum absolute atomic E-state index is 0.126. The summed E-state index contributed by atoms with van der Waals surface area (Å²) in [4.78, 5) is 11.2. The van der Waals surface area contributed by atoms with Crippen molar-refractivity contribution in [3.63, 3.8) is 0 Å².